The van der Waals surface area contributed by atoms with Gasteiger partial charge in [0.2, 0.25) is 0 Å². The molecule has 0 fully saturated rings. The second-order valence-corrected chi connectivity index (χ2v) is 3.76. The molecule has 7 nitrogen and oxygen atoms in total. The van der Waals surface area contributed by atoms with E-state index in [1.54, 1.807) is 17.8 Å². The van der Waals surface area contributed by atoms with Gasteiger partial charge in [0.25, 0.3) is 5.78 Å². The number of aromatic nitrogens is 4. The third-order valence-corrected chi connectivity index (χ3v) is 2.34. The highest BCUT2D eigenvalue weighted by Gasteiger charge is 2.04. The Morgan fingerprint density at radius 3 is 3.00 bits per heavy atom. The first-order chi connectivity index (χ1) is 8.81. The molecule has 2 aromatic rings. The molecule has 0 N–H and O–H groups in total. The largest absolute Gasteiger partial charge is 0.382 e. The summed E-state index contributed by atoms with van der Waals surface area (Å²) < 4.78 is 17.3. The number of methoxy groups -OCH3 is 1. The lowest BCUT2D eigenvalue weighted by Gasteiger charge is -2.07. The summed E-state index contributed by atoms with van der Waals surface area (Å²) in [7, 11) is 1.63. The summed E-state index contributed by atoms with van der Waals surface area (Å²) >= 11 is 0. The third kappa shape index (κ3) is 3.22. The highest BCUT2D eigenvalue weighted by molar-refractivity contribution is 5.30. The van der Waals surface area contributed by atoms with Gasteiger partial charge in [0.15, 0.2) is 0 Å². The molecule has 98 valence electrons. The fraction of sp³-hybridized carbons (Fsp3) is 0.545. The quantitative estimate of drug-likeness (QED) is 0.530. The van der Waals surface area contributed by atoms with Crippen molar-refractivity contribution in [1.82, 2.24) is 19.6 Å². The van der Waals surface area contributed by atoms with E-state index >= 15 is 0 Å². The molecule has 0 radical (unpaired) electrons. The minimum Gasteiger partial charge on any atom is -0.382 e. The standard InChI is InChI=1S/C11H16N4O3/c1-9-5-10(6-18-8-17-4-3-16-2)15-7-12-14-11(15)13-9/h5,7H,3-4,6,8H2,1-2H3. The van der Waals surface area contributed by atoms with Gasteiger partial charge in [-0.1, -0.05) is 0 Å². The molecule has 0 bridgehead atoms. The lowest BCUT2D eigenvalue weighted by Crippen LogP contribution is -2.08. The van der Waals surface area contributed by atoms with Crippen LogP contribution in [0.5, 0.6) is 0 Å². The highest BCUT2D eigenvalue weighted by Crippen LogP contribution is 2.06. The molecule has 2 heterocycles. The van der Waals surface area contributed by atoms with E-state index in [2.05, 4.69) is 15.2 Å². The van der Waals surface area contributed by atoms with Crippen LogP contribution in [0.25, 0.3) is 5.78 Å². The number of hydrogen-bond donors (Lipinski definition) is 0. The van der Waals surface area contributed by atoms with E-state index in [0.29, 0.717) is 25.6 Å². The molecule has 0 unspecified atom stereocenters. The van der Waals surface area contributed by atoms with Crippen molar-refractivity contribution in [1.29, 1.82) is 0 Å². The number of rotatable bonds is 7. The Balaban J connectivity index is 1.89. The molecule has 2 rings (SSSR count). The molecule has 0 aliphatic heterocycles. The zero-order valence-electron chi connectivity index (χ0n) is 10.5. The van der Waals surface area contributed by atoms with Gasteiger partial charge in [-0.3, -0.25) is 4.40 Å². The summed E-state index contributed by atoms with van der Waals surface area (Å²) in [6.45, 7) is 3.65. The number of ether oxygens (including phenoxy) is 3. The summed E-state index contributed by atoms with van der Waals surface area (Å²) in [6, 6.07) is 1.94. The molecule has 2 aromatic heterocycles. The van der Waals surface area contributed by atoms with Gasteiger partial charge in [-0.25, -0.2) is 4.98 Å². The van der Waals surface area contributed by atoms with Crippen molar-refractivity contribution in [3.05, 3.63) is 23.8 Å². The second kappa shape index (κ2) is 6.39. The zero-order chi connectivity index (χ0) is 12.8. The normalized spacial score (nSPS) is 11.2. The topological polar surface area (TPSA) is 70.8 Å². The fourth-order valence-electron chi connectivity index (χ4n) is 1.53. The van der Waals surface area contributed by atoms with E-state index in [1.807, 2.05) is 13.0 Å². The summed E-state index contributed by atoms with van der Waals surface area (Å²) in [5.74, 6) is 0.578. The molecule has 0 saturated heterocycles. The monoisotopic (exact) mass is 252 g/mol. The van der Waals surface area contributed by atoms with Gasteiger partial charge < -0.3 is 14.2 Å². The van der Waals surface area contributed by atoms with Gasteiger partial charge >= 0.3 is 0 Å². The molecular weight excluding hydrogens is 236 g/mol. The van der Waals surface area contributed by atoms with Gasteiger partial charge in [-0.15, -0.1) is 10.2 Å². The van der Waals surface area contributed by atoms with E-state index in [1.165, 1.54) is 0 Å². The van der Waals surface area contributed by atoms with E-state index in [0.717, 1.165) is 11.4 Å². The van der Waals surface area contributed by atoms with Crippen LogP contribution in [0.15, 0.2) is 12.4 Å². The van der Waals surface area contributed by atoms with E-state index in [4.69, 9.17) is 14.2 Å². The van der Waals surface area contributed by atoms with Crippen molar-refractivity contribution in [2.75, 3.05) is 27.1 Å². The Morgan fingerprint density at radius 1 is 1.28 bits per heavy atom. The van der Waals surface area contributed by atoms with Crippen LogP contribution in [-0.2, 0) is 20.8 Å². The van der Waals surface area contributed by atoms with Crippen molar-refractivity contribution in [3.8, 4) is 0 Å². The van der Waals surface area contributed by atoms with Crippen molar-refractivity contribution in [2.24, 2.45) is 0 Å². The number of hydrogen-bond acceptors (Lipinski definition) is 6. The summed E-state index contributed by atoms with van der Waals surface area (Å²) in [6.07, 6.45) is 1.62. The average molecular weight is 252 g/mol. The van der Waals surface area contributed by atoms with Gasteiger partial charge in [0.05, 0.1) is 25.5 Å². The second-order valence-electron chi connectivity index (χ2n) is 3.76. The van der Waals surface area contributed by atoms with Crippen LogP contribution in [0.4, 0.5) is 0 Å². The van der Waals surface area contributed by atoms with Crippen LogP contribution in [0.3, 0.4) is 0 Å². The minimum atomic E-state index is 0.231. The Hall–Kier alpha value is -1.57. The highest BCUT2D eigenvalue weighted by atomic mass is 16.7. The predicted octanol–water partition coefficient (Wildman–Crippen LogP) is 0.570. The smallest absolute Gasteiger partial charge is 0.255 e. The van der Waals surface area contributed by atoms with Crippen LogP contribution < -0.4 is 0 Å². The average Bonchev–Trinajstić information content (AvgIpc) is 2.81. The van der Waals surface area contributed by atoms with Crippen molar-refractivity contribution in [3.63, 3.8) is 0 Å². The molecule has 0 aliphatic carbocycles. The molecule has 0 aliphatic rings. The van der Waals surface area contributed by atoms with Crippen molar-refractivity contribution >= 4 is 5.78 Å². The molecule has 0 amide bonds. The van der Waals surface area contributed by atoms with E-state index in [9.17, 15) is 0 Å². The minimum absolute atomic E-state index is 0.231. The third-order valence-electron chi connectivity index (χ3n) is 2.34. The molecule has 0 atom stereocenters. The van der Waals surface area contributed by atoms with Crippen LogP contribution in [0.1, 0.15) is 11.4 Å². The Morgan fingerprint density at radius 2 is 2.17 bits per heavy atom. The molecule has 0 spiro atoms. The maximum atomic E-state index is 5.42. The van der Waals surface area contributed by atoms with Gasteiger partial charge in [-0.2, -0.15) is 0 Å². The maximum absolute atomic E-state index is 5.42. The van der Waals surface area contributed by atoms with Gasteiger partial charge in [-0.05, 0) is 13.0 Å². The van der Waals surface area contributed by atoms with Crippen LogP contribution in [0.2, 0.25) is 0 Å². The van der Waals surface area contributed by atoms with E-state index in [-0.39, 0.29) is 6.79 Å². The maximum Gasteiger partial charge on any atom is 0.255 e. The fourth-order valence-corrected chi connectivity index (χ4v) is 1.53. The number of aryl methyl sites for hydroxylation is 1. The van der Waals surface area contributed by atoms with Gasteiger partial charge in [0, 0.05) is 12.8 Å². The van der Waals surface area contributed by atoms with Crippen LogP contribution >= 0.6 is 0 Å². The molecule has 0 aromatic carbocycles. The summed E-state index contributed by atoms with van der Waals surface area (Å²) in [4.78, 5) is 4.25. The molecule has 18 heavy (non-hydrogen) atoms. The number of nitrogens with zero attached hydrogens (tertiary/aromatic N) is 4. The zero-order valence-corrected chi connectivity index (χ0v) is 10.5. The lowest BCUT2D eigenvalue weighted by molar-refractivity contribution is -0.0734. The summed E-state index contributed by atoms with van der Waals surface area (Å²) in [5.41, 5.74) is 1.83. The van der Waals surface area contributed by atoms with Crippen LogP contribution in [0, 0.1) is 6.92 Å². The first kappa shape index (κ1) is 12.9. The molecule has 0 saturated carbocycles. The SMILES string of the molecule is COCCOCOCc1cc(C)nc2nncn12. The molecular formula is C11H16N4O3. The Labute approximate surface area is 105 Å². The summed E-state index contributed by atoms with van der Waals surface area (Å²) in [5, 5.41) is 7.73. The first-order valence-electron chi connectivity index (χ1n) is 5.62. The van der Waals surface area contributed by atoms with E-state index < -0.39 is 0 Å². The Kier molecular flexibility index (Phi) is 4.57. The molecule has 7 heteroatoms. The first-order valence-corrected chi connectivity index (χ1v) is 5.62. The van der Waals surface area contributed by atoms with Gasteiger partial charge in [0.1, 0.15) is 13.1 Å². The lowest BCUT2D eigenvalue weighted by atomic mass is 10.3. The number of fused-ring (bicyclic) bond motifs is 1. The predicted molar refractivity (Wildman–Crippen MR) is 63.0 cm³/mol. The van der Waals surface area contributed by atoms with Crippen LogP contribution in [-0.4, -0.2) is 46.7 Å². The van der Waals surface area contributed by atoms with Crippen molar-refractivity contribution < 1.29 is 14.2 Å². The Bertz CT molecular complexity index is 500. The van der Waals surface area contributed by atoms with Crippen molar-refractivity contribution in [2.45, 2.75) is 13.5 Å².